The molecule has 0 radical (unpaired) electrons. The van der Waals surface area contributed by atoms with E-state index in [0.717, 1.165) is 31.3 Å². The smallest absolute Gasteiger partial charge is 0.271 e. The van der Waals surface area contributed by atoms with Gasteiger partial charge in [0.05, 0.1) is 0 Å². The Kier molecular flexibility index (Phi) is 7.61. The lowest BCUT2D eigenvalue weighted by Crippen LogP contribution is -2.29. The van der Waals surface area contributed by atoms with E-state index in [1.165, 1.54) is 51.4 Å². The molecule has 0 spiro atoms. The summed E-state index contributed by atoms with van der Waals surface area (Å²) in [5.74, 6) is 1.02. The molecule has 1 N–H and O–H groups in total. The van der Waals surface area contributed by atoms with Gasteiger partial charge < -0.3 is 0 Å². The Morgan fingerprint density at radius 2 is 1.61 bits per heavy atom. The first-order chi connectivity index (χ1) is 11.0. The van der Waals surface area contributed by atoms with Gasteiger partial charge in [-0.2, -0.15) is 8.42 Å². The number of allylic oxidation sites excluding steroid dienone is 1. The number of hydrogen-bond acceptors (Lipinski definition) is 2. The second-order valence-corrected chi connectivity index (χ2v) is 9.13. The topological polar surface area (TPSA) is 54.4 Å². The molecule has 0 heterocycles. The van der Waals surface area contributed by atoms with Crippen LogP contribution in [0.2, 0.25) is 0 Å². The Labute approximate surface area is 142 Å². The first kappa shape index (κ1) is 19.0. The Bertz CT molecular complexity index is 469. The highest BCUT2D eigenvalue weighted by Crippen LogP contribution is 2.36. The van der Waals surface area contributed by atoms with Crippen LogP contribution in [0.5, 0.6) is 0 Å². The molecule has 23 heavy (non-hydrogen) atoms. The van der Waals surface area contributed by atoms with Crippen LogP contribution in [0.3, 0.4) is 0 Å². The second kappa shape index (κ2) is 9.22. The van der Waals surface area contributed by atoms with E-state index in [0.29, 0.717) is 18.3 Å². The van der Waals surface area contributed by atoms with Gasteiger partial charge in [0.15, 0.2) is 0 Å². The molecule has 0 aromatic carbocycles. The van der Waals surface area contributed by atoms with E-state index in [-0.39, 0.29) is 0 Å². The number of hydrogen-bond donors (Lipinski definition) is 1. The van der Waals surface area contributed by atoms with Crippen molar-refractivity contribution in [1.29, 1.82) is 0 Å². The fourth-order valence-electron chi connectivity index (χ4n) is 4.58. The molecule has 0 amide bonds. The summed E-state index contributed by atoms with van der Waals surface area (Å²) in [6.45, 7) is 2.06. The van der Waals surface area contributed by atoms with Gasteiger partial charge in [-0.25, -0.2) is 0 Å². The van der Waals surface area contributed by atoms with Gasteiger partial charge in [0.2, 0.25) is 0 Å². The van der Waals surface area contributed by atoms with E-state index in [2.05, 4.69) is 13.0 Å². The average Bonchev–Trinajstić information content (AvgIpc) is 2.55. The highest BCUT2D eigenvalue weighted by atomic mass is 32.2. The summed E-state index contributed by atoms with van der Waals surface area (Å²) in [6.07, 6.45) is 16.6. The maximum Gasteiger partial charge on any atom is 0.271 e. The molecule has 3 nitrogen and oxygen atoms in total. The van der Waals surface area contributed by atoms with Crippen LogP contribution in [0.1, 0.15) is 90.4 Å². The maximum atomic E-state index is 12.1. The zero-order valence-electron chi connectivity index (χ0n) is 14.7. The van der Waals surface area contributed by atoms with Crippen molar-refractivity contribution >= 4 is 10.1 Å². The lowest BCUT2D eigenvalue weighted by Gasteiger charge is -2.30. The SMILES string of the molecule is CC/C=C(/C1CCCCC1)C(CCC1CCCCC1)S(=O)(=O)O. The van der Waals surface area contributed by atoms with Crippen molar-refractivity contribution in [3.05, 3.63) is 11.6 Å². The predicted octanol–water partition coefficient (Wildman–Crippen LogP) is 5.52. The summed E-state index contributed by atoms with van der Waals surface area (Å²) in [4.78, 5) is 0. The first-order valence-electron chi connectivity index (χ1n) is 9.68. The lowest BCUT2D eigenvalue weighted by molar-refractivity contribution is 0.324. The molecule has 134 valence electrons. The van der Waals surface area contributed by atoms with Gasteiger partial charge in [0.25, 0.3) is 10.1 Å². The van der Waals surface area contributed by atoms with Gasteiger partial charge in [0, 0.05) is 0 Å². The molecule has 0 aliphatic heterocycles. The van der Waals surface area contributed by atoms with Crippen LogP contribution in [0.25, 0.3) is 0 Å². The van der Waals surface area contributed by atoms with Crippen molar-refractivity contribution < 1.29 is 13.0 Å². The van der Waals surface area contributed by atoms with E-state index in [4.69, 9.17) is 0 Å². The minimum absolute atomic E-state index is 0.363. The van der Waals surface area contributed by atoms with Crippen molar-refractivity contribution in [2.24, 2.45) is 11.8 Å². The average molecular weight is 343 g/mol. The van der Waals surface area contributed by atoms with E-state index in [1.807, 2.05) is 0 Å². The molecule has 0 bridgehead atoms. The van der Waals surface area contributed by atoms with Crippen LogP contribution >= 0.6 is 0 Å². The molecule has 4 heteroatoms. The third-order valence-corrected chi connectivity index (χ3v) is 7.04. The molecule has 2 rings (SSSR count). The molecular weight excluding hydrogens is 308 g/mol. The van der Waals surface area contributed by atoms with Gasteiger partial charge >= 0.3 is 0 Å². The first-order valence-corrected chi connectivity index (χ1v) is 11.2. The summed E-state index contributed by atoms with van der Waals surface area (Å²) >= 11 is 0. The summed E-state index contributed by atoms with van der Waals surface area (Å²) in [6, 6.07) is 0. The molecule has 0 saturated heterocycles. The van der Waals surface area contributed by atoms with Crippen LogP contribution in [-0.4, -0.2) is 18.2 Å². The van der Waals surface area contributed by atoms with Crippen molar-refractivity contribution in [1.82, 2.24) is 0 Å². The minimum Gasteiger partial charge on any atom is -0.285 e. The maximum absolute atomic E-state index is 12.1. The summed E-state index contributed by atoms with van der Waals surface area (Å²) in [5.41, 5.74) is 1.02. The van der Waals surface area contributed by atoms with E-state index < -0.39 is 15.4 Å². The summed E-state index contributed by atoms with van der Waals surface area (Å²) in [7, 11) is -4.00. The normalized spacial score (nSPS) is 23.8. The molecule has 0 aromatic rings. The molecule has 1 unspecified atom stereocenters. The van der Waals surface area contributed by atoms with Crippen molar-refractivity contribution in [3.8, 4) is 0 Å². The van der Waals surface area contributed by atoms with E-state index >= 15 is 0 Å². The zero-order chi connectivity index (χ0) is 16.7. The molecule has 2 aliphatic carbocycles. The van der Waals surface area contributed by atoms with Gasteiger partial charge in [-0.3, -0.25) is 4.55 Å². The minimum atomic E-state index is -4.00. The fraction of sp³-hybridized carbons (Fsp3) is 0.895. The van der Waals surface area contributed by atoms with E-state index in [1.54, 1.807) is 0 Å². The summed E-state index contributed by atoms with van der Waals surface area (Å²) < 4.78 is 34.0. The van der Waals surface area contributed by atoms with E-state index in [9.17, 15) is 13.0 Å². The molecule has 2 fully saturated rings. The Morgan fingerprint density at radius 3 is 2.13 bits per heavy atom. The molecule has 1 atom stereocenters. The van der Waals surface area contributed by atoms with Gasteiger partial charge in [0.1, 0.15) is 5.25 Å². The largest absolute Gasteiger partial charge is 0.285 e. The van der Waals surface area contributed by atoms with Gasteiger partial charge in [-0.15, -0.1) is 0 Å². The Balaban J connectivity index is 2.09. The van der Waals surface area contributed by atoms with Crippen LogP contribution in [0.4, 0.5) is 0 Å². The van der Waals surface area contributed by atoms with Crippen molar-refractivity contribution in [2.75, 3.05) is 0 Å². The van der Waals surface area contributed by atoms with Crippen LogP contribution in [0, 0.1) is 11.8 Å². The highest BCUT2D eigenvalue weighted by Gasteiger charge is 2.32. The van der Waals surface area contributed by atoms with Gasteiger partial charge in [-0.1, -0.05) is 69.9 Å². The molecule has 2 aliphatic rings. The second-order valence-electron chi connectivity index (χ2n) is 7.53. The highest BCUT2D eigenvalue weighted by molar-refractivity contribution is 7.86. The molecule has 0 aromatic heterocycles. The van der Waals surface area contributed by atoms with Crippen LogP contribution in [-0.2, 0) is 10.1 Å². The zero-order valence-corrected chi connectivity index (χ0v) is 15.5. The number of rotatable bonds is 7. The monoisotopic (exact) mass is 342 g/mol. The van der Waals surface area contributed by atoms with Gasteiger partial charge in [-0.05, 0) is 43.9 Å². The third kappa shape index (κ3) is 5.90. The fourth-order valence-corrected chi connectivity index (χ4v) is 5.65. The Morgan fingerprint density at radius 1 is 1.04 bits per heavy atom. The quantitative estimate of drug-likeness (QED) is 0.489. The third-order valence-electron chi connectivity index (χ3n) is 5.81. The summed E-state index contributed by atoms with van der Waals surface area (Å²) in [5, 5.41) is -0.660. The van der Waals surface area contributed by atoms with Crippen molar-refractivity contribution in [2.45, 2.75) is 95.6 Å². The lowest BCUT2D eigenvalue weighted by atomic mass is 9.80. The molecule has 2 saturated carbocycles. The molecular formula is C19H34O3S. The van der Waals surface area contributed by atoms with Crippen LogP contribution in [0.15, 0.2) is 11.6 Å². The van der Waals surface area contributed by atoms with Crippen molar-refractivity contribution in [3.63, 3.8) is 0 Å². The van der Waals surface area contributed by atoms with Crippen LogP contribution < -0.4 is 0 Å². The predicted molar refractivity (Wildman–Crippen MR) is 96.1 cm³/mol. The Hall–Kier alpha value is -0.350. The standard InChI is InChI=1S/C19H34O3S/c1-2-9-18(17-12-7-4-8-13-17)19(23(20,21)22)15-14-16-10-5-3-6-11-16/h9,16-17,19H,2-8,10-15H2,1H3,(H,20,21,22)/b18-9-.